The highest BCUT2D eigenvalue weighted by atomic mass is 16.1. The van der Waals surface area contributed by atoms with Crippen LogP contribution in [0.1, 0.15) is 27.0 Å². The van der Waals surface area contributed by atoms with Crippen LogP contribution in [0.15, 0.2) is 84.9 Å². The van der Waals surface area contributed by atoms with Crippen molar-refractivity contribution in [3.8, 4) is 11.1 Å². The van der Waals surface area contributed by atoms with Crippen molar-refractivity contribution in [1.29, 1.82) is 0 Å². The number of carbonyl (C=O) groups excluding carboxylic acids is 1. The van der Waals surface area contributed by atoms with Crippen LogP contribution in [-0.2, 0) is 12.8 Å². The second-order valence-electron chi connectivity index (χ2n) is 8.26. The standard InChI is InChI=1S/C28H22N2O/c1-30-26-12-5-4-10-24(26)29-25-11-6-9-21(27(25)30)20-16-15-19-14-13-18-7-2-3-8-22(18)28(31)23(19)17-20/h2-12,15-17,29H,13-14H2,1H3. The van der Waals surface area contributed by atoms with E-state index in [9.17, 15) is 4.79 Å². The van der Waals surface area contributed by atoms with Gasteiger partial charge in [0.25, 0.3) is 0 Å². The summed E-state index contributed by atoms with van der Waals surface area (Å²) in [7, 11) is 2.10. The van der Waals surface area contributed by atoms with Crippen molar-refractivity contribution in [3.05, 3.63) is 107 Å². The Morgan fingerprint density at radius 2 is 1.42 bits per heavy atom. The fourth-order valence-electron chi connectivity index (χ4n) is 4.92. The molecule has 0 amide bonds. The van der Waals surface area contributed by atoms with Crippen molar-refractivity contribution in [2.75, 3.05) is 17.3 Å². The summed E-state index contributed by atoms with van der Waals surface area (Å²) in [6.07, 6.45) is 1.79. The summed E-state index contributed by atoms with van der Waals surface area (Å²) in [5.74, 6) is 0.131. The lowest BCUT2D eigenvalue weighted by atomic mass is 9.93. The van der Waals surface area contributed by atoms with Gasteiger partial charge in [0, 0.05) is 23.7 Å². The molecule has 0 spiro atoms. The zero-order chi connectivity index (χ0) is 20.9. The molecular formula is C28H22N2O. The summed E-state index contributed by atoms with van der Waals surface area (Å²) in [5.41, 5.74) is 10.6. The summed E-state index contributed by atoms with van der Waals surface area (Å²) < 4.78 is 0. The quantitative estimate of drug-likeness (QED) is 0.394. The molecule has 0 unspecified atom stereocenters. The fraction of sp³-hybridized carbons (Fsp3) is 0.107. The highest BCUT2D eigenvalue weighted by Crippen LogP contribution is 2.47. The van der Waals surface area contributed by atoms with E-state index in [1.807, 2.05) is 24.3 Å². The maximum Gasteiger partial charge on any atom is 0.193 e. The van der Waals surface area contributed by atoms with E-state index in [1.165, 1.54) is 0 Å². The Labute approximate surface area is 182 Å². The lowest BCUT2D eigenvalue weighted by Crippen LogP contribution is -2.18. The molecule has 2 aliphatic rings. The Balaban J connectivity index is 1.50. The number of nitrogens with one attached hydrogen (secondary N) is 1. The van der Waals surface area contributed by atoms with Gasteiger partial charge in [0.15, 0.2) is 5.78 Å². The van der Waals surface area contributed by atoms with Gasteiger partial charge in [-0.2, -0.15) is 0 Å². The van der Waals surface area contributed by atoms with Gasteiger partial charge in [-0.15, -0.1) is 0 Å². The molecule has 0 bridgehead atoms. The molecule has 150 valence electrons. The molecule has 1 heterocycles. The van der Waals surface area contributed by atoms with Crippen LogP contribution in [0.3, 0.4) is 0 Å². The molecule has 0 atom stereocenters. The van der Waals surface area contributed by atoms with Gasteiger partial charge in [0.05, 0.1) is 22.7 Å². The molecule has 6 rings (SSSR count). The predicted octanol–water partition coefficient (Wildman–Crippen LogP) is 6.51. The Morgan fingerprint density at radius 3 is 2.32 bits per heavy atom. The first-order valence-corrected chi connectivity index (χ1v) is 10.7. The molecule has 0 saturated carbocycles. The van der Waals surface area contributed by atoms with Gasteiger partial charge in [-0.25, -0.2) is 0 Å². The van der Waals surface area contributed by atoms with E-state index in [0.29, 0.717) is 0 Å². The lowest BCUT2D eigenvalue weighted by molar-refractivity contribution is 0.103. The van der Waals surface area contributed by atoms with Gasteiger partial charge in [-0.1, -0.05) is 60.7 Å². The lowest BCUT2D eigenvalue weighted by Gasteiger charge is -2.32. The van der Waals surface area contributed by atoms with Crippen LogP contribution in [0, 0.1) is 0 Å². The van der Waals surface area contributed by atoms with Crippen molar-refractivity contribution in [3.63, 3.8) is 0 Å². The van der Waals surface area contributed by atoms with Crippen molar-refractivity contribution in [1.82, 2.24) is 0 Å². The van der Waals surface area contributed by atoms with Gasteiger partial charge >= 0.3 is 0 Å². The van der Waals surface area contributed by atoms with Crippen molar-refractivity contribution < 1.29 is 4.79 Å². The van der Waals surface area contributed by atoms with E-state index < -0.39 is 0 Å². The van der Waals surface area contributed by atoms with E-state index >= 15 is 0 Å². The van der Waals surface area contributed by atoms with E-state index in [4.69, 9.17) is 0 Å². The number of rotatable bonds is 1. The molecule has 0 saturated heterocycles. The largest absolute Gasteiger partial charge is 0.352 e. The second-order valence-corrected chi connectivity index (χ2v) is 8.26. The zero-order valence-electron chi connectivity index (χ0n) is 17.4. The topological polar surface area (TPSA) is 32.3 Å². The van der Waals surface area contributed by atoms with Crippen LogP contribution in [0.5, 0.6) is 0 Å². The molecule has 3 heteroatoms. The van der Waals surface area contributed by atoms with Crippen LogP contribution in [0.2, 0.25) is 0 Å². The first kappa shape index (κ1) is 18.0. The molecule has 0 radical (unpaired) electrons. The number of carbonyl (C=O) groups is 1. The van der Waals surface area contributed by atoms with Crippen molar-refractivity contribution in [2.45, 2.75) is 12.8 Å². The number of aryl methyl sites for hydroxylation is 2. The fourth-order valence-corrected chi connectivity index (χ4v) is 4.92. The minimum atomic E-state index is 0.131. The third-order valence-corrected chi connectivity index (χ3v) is 6.50. The van der Waals surface area contributed by atoms with Gasteiger partial charge in [0.1, 0.15) is 0 Å². The highest BCUT2D eigenvalue weighted by molar-refractivity contribution is 6.12. The number of para-hydroxylation sites is 3. The average molecular weight is 402 g/mol. The summed E-state index contributed by atoms with van der Waals surface area (Å²) in [4.78, 5) is 15.6. The summed E-state index contributed by atoms with van der Waals surface area (Å²) in [6, 6.07) is 29.0. The molecule has 4 aromatic rings. The molecule has 1 aliphatic heterocycles. The average Bonchev–Trinajstić information content (AvgIpc) is 2.95. The summed E-state index contributed by atoms with van der Waals surface area (Å²) in [6.45, 7) is 0. The number of hydrogen-bond donors (Lipinski definition) is 1. The predicted molar refractivity (Wildman–Crippen MR) is 127 cm³/mol. The highest BCUT2D eigenvalue weighted by Gasteiger charge is 2.25. The Kier molecular flexibility index (Phi) is 3.97. The van der Waals surface area contributed by atoms with E-state index in [2.05, 4.69) is 77.9 Å². The van der Waals surface area contributed by atoms with E-state index in [-0.39, 0.29) is 5.78 Å². The van der Waals surface area contributed by atoms with E-state index in [1.54, 1.807) is 0 Å². The first-order chi connectivity index (χ1) is 15.2. The van der Waals surface area contributed by atoms with Gasteiger partial charge in [-0.05, 0) is 53.8 Å². The van der Waals surface area contributed by atoms with Crippen LogP contribution < -0.4 is 10.2 Å². The molecular weight excluding hydrogens is 380 g/mol. The third kappa shape index (κ3) is 2.77. The molecule has 4 aromatic carbocycles. The van der Waals surface area contributed by atoms with Crippen LogP contribution in [-0.4, -0.2) is 12.8 Å². The number of nitrogens with zero attached hydrogens (tertiary/aromatic N) is 1. The second kappa shape index (κ2) is 6.85. The number of anilines is 4. The third-order valence-electron chi connectivity index (χ3n) is 6.50. The normalized spacial score (nSPS) is 14.0. The summed E-state index contributed by atoms with van der Waals surface area (Å²) in [5, 5.41) is 3.57. The number of fused-ring (bicyclic) bond motifs is 4. The Morgan fingerprint density at radius 1 is 0.710 bits per heavy atom. The molecule has 3 nitrogen and oxygen atoms in total. The van der Waals surface area contributed by atoms with Gasteiger partial charge in [0.2, 0.25) is 0 Å². The van der Waals surface area contributed by atoms with Crippen LogP contribution in [0.25, 0.3) is 11.1 Å². The molecule has 1 N–H and O–H groups in total. The number of benzene rings is 4. The minimum absolute atomic E-state index is 0.131. The maximum absolute atomic E-state index is 13.4. The van der Waals surface area contributed by atoms with Crippen LogP contribution in [0.4, 0.5) is 22.7 Å². The molecule has 31 heavy (non-hydrogen) atoms. The van der Waals surface area contributed by atoms with E-state index in [0.717, 1.165) is 69.0 Å². The Hall–Kier alpha value is -3.85. The monoisotopic (exact) mass is 402 g/mol. The van der Waals surface area contributed by atoms with Crippen molar-refractivity contribution >= 4 is 28.5 Å². The van der Waals surface area contributed by atoms with Gasteiger partial charge < -0.3 is 10.2 Å². The van der Waals surface area contributed by atoms with Crippen molar-refractivity contribution in [2.24, 2.45) is 0 Å². The molecule has 1 aliphatic carbocycles. The van der Waals surface area contributed by atoms with Gasteiger partial charge in [-0.3, -0.25) is 4.79 Å². The first-order valence-electron chi connectivity index (χ1n) is 10.7. The Bertz CT molecular complexity index is 1350. The zero-order valence-corrected chi connectivity index (χ0v) is 17.4. The number of hydrogen-bond acceptors (Lipinski definition) is 3. The molecule has 0 aromatic heterocycles. The summed E-state index contributed by atoms with van der Waals surface area (Å²) >= 11 is 0. The van der Waals surface area contributed by atoms with Crippen LogP contribution >= 0.6 is 0 Å². The smallest absolute Gasteiger partial charge is 0.193 e. The maximum atomic E-state index is 13.4. The molecule has 0 fully saturated rings. The SMILES string of the molecule is CN1c2ccccc2Nc2cccc(-c3ccc4c(c3)C(=O)c3ccccc3CC4)c21. The number of ketones is 1. The minimum Gasteiger partial charge on any atom is -0.352 e.